The average molecular weight is 668 g/mol. The molecule has 2 N–H and O–H groups in total. The molecule has 0 aliphatic carbocycles. The number of thiazole rings is 1. The zero-order valence-electron chi connectivity index (χ0n) is 25.0. The van der Waals surface area contributed by atoms with Crippen molar-refractivity contribution in [2.75, 3.05) is 12.4 Å². The van der Waals surface area contributed by atoms with Gasteiger partial charge in [-0.1, -0.05) is 37.6 Å². The van der Waals surface area contributed by atoms with Crippen molar-refractivity contribution < 1.29 is 22.3 Å². The van der Waals surface area contributed by atoms with Crippen LogP contribution in [0.3, 0.4) is 0 Å². The fraction of sp³-hybridized carbons (Fsp3) is 0.250. The highest BCUT2D eigenvalue weighted by Gasteiger charge is 2.19. The molecule has 234 valence electrons. The van der Waals surface area contributed by atoms with Gasteiger partial charge in [-0.3, -0.25) is 5.32 Å². The van der Waals surface area contributed by atoms with Gasteiger partial charge in [0.25, 0.3) is 0 Å². The van der Waals surface area contributed by atoms with E-state index in [1.807, 2.05) is 44.4 Å². The molecule has 0 spiro atoms. The molecule has 1 atom stereocenters. The van der Waals surface area contributed by atoms with Crippen molar-refractivity contribution in [1.82, 2.24) is 20.3 Å². The van der Waals surface area contributed by atoms with Gasteiger partial charge in [-0.05, 0) is 61.2 Å². The Morgan fingerprint density at radius 3 is 2.60 bits per heavy atom. The van der Waals surface area contributed by atoms with Crippen molar-refractivity contribution in [3.63, 3.8) is 0 Å². The Labute approximate surface area is 271 Å². The number of methoxy groups -OCH3 is 1. The van der Waals surface area contributed by atoms with Crippen molar-refractivity contribution in [1.29, 1.82) is 0 Å². The van der Waals surface area contributed by atoms with Gasteiger partial charge < -0.3 is 14.8 Å². The average Bonchev–Trinajstić information content (AvgIpc) is 3.50. The summed E-state index contributed by atoms with van der Waals surface area (Å²) in [5, 5.41) is 10.2. The summed E-state index contributed by atoms with van der Waals surface area (Å²) in [5.74, 6) is 1.45. The van der Waals surface area contributed by atoms with Gasteiger partial charge in [0.15, 0.2) is 0 Å². The molecule has 2 aromatic heterocycles. The minimum atomic E-state index is -2.34. The number of aromatic nitrogens is 3. The Morgan fingerprint density at radius 1 is 1.07 bits per heavy atom. The number of nitrogens with one attached hydrogen (secondary N) is 2. The quantitative estimate of drug-likeness (QED) is 0.138. The van der Waals surface area contributed by atoms with Crippen LogP contribution < -0.4 is 20.1 Å². The summed E-state index contributed by atoms with van der Waals surface area (Å²) in [6.45, 7) is 5.99. The van der Waals surface area contributed by atoms with Crippen LogP contribution in [0.15, 0.2) is 66.3 Å². The van der Waals surface area contributed by atoms with Crippen molar-refractivity contribution in [2.45, 2.75) is 39.8 Å². The molecule has 0 saturated heterocycles. The van der Waals surface area contributed by atoms with Crippen molar-refractivity contribution in [3.8, 4) is 22.8 Å². The lowest BCUT2D eigenvalue weighted by atomic mass is 10.1. The predicted molar refractivity (Wildman–Crippen MR) is 178 cm³/mol. The smallest absolute Gasteiger partial charge is 0.228 e. The Hall–Kier alpha value is -4.10. The predicted octanol–water partition coefficient (Wildman–Crippen LogP) is 7.58. The third-order valence-electron chi connectivity index (χ3n) is 6.78. The van der Waals surface area contributed by atoms with Crippen LogP contribution in [0.25, 0.3) is 22.2 Å². The summed E-state index contributed by atoms with van der Waals surface area (Å²) in [4.78, 5) is 14.0. The van der Waals surface area contributed by atoms with E-state index in [9.17, 15) is 12.8 Å². The minimum absolute atomic E-state index is 0.175. The maximum Gasteiger partial charge on any atom is 0.228 e. The number of rotatable bonds is 11. The lowest BCUT2D eigenvalue weighted by molar-refractivity contribution is 0.306. The van der Waals surface area contributed by atoms with Crippen LogP contribution in [0, 0.1) is 11.7 Å². The van der Waals surface area contributed by atoms with Gasteiger partial charge in [0.2, 0.25) is 10.3 Å². The van der Waals surface area contributed by atoms with Gasteiger partial charge in [-0.2, -0.15) is 8.42 Å². The van der Waals surface area contributed by atoms with Gasteiger partial charge in [-0.15, -0.1) is 11.3 Å². The van der Waals surface area contributed by atoms with E-state index in [0.717, 1.165) is 16.0 Å². The van der Waals surface area contributed by atoms with Crippen molar-refractivity contribution >= 4 is 60.6 Å². The second-order valence-corrected chi connectivity index (χ2v) is 12.9. The molecule has 0 aliphatic heterocycles. The molecular formula is C32H31ClFN5O4S2. The molecular weight excluding hydrogens is 637 g/mol. The molecule has 0 aliphatic rings. The monoisotopic (exact) mass is 667 g/mol. The Kier molecular flexibility index (Phi) is 10.3. The third-order valence-corrected chi connectivity index (χ3v) is 8.78. The zero-order valence-corrected chi connectivity index (χ0v) is 27.4. The number of ether oxygens (including phenoxy) is 2. The first kappa shape index (κ1) is 32.3. The van der Waals surface area contributed by atoms with Gasteiger partial charge >= 0.3 is 0 Å². The van der Waals surface area contributed by atoms with Crippen LogP contribution in [-0.2, 0) is 16.9 Å². The molecule has 5 rings (SSSR count). The maximum atomic E-state index is 13.5. The molecule has 45 heavy (non-hydrogen) atoms. The largest absolute Gasteiger partial charge is 0.496 e. The van der Waals surface area contributed by atoms with Crippen LogP contribution in [-0.4, -0.2) is 35.5 Å². The summed E-state index contributed by atoms with van der Waals surface area (Å²) < 4.78 is 48.5. The molecule has 5 aromatic rings. The summed E-state index contributed by atoms with van der Waals surface area (Å²) in [6.07, 6.45) is 1.88. The zero-order chi connectivity index (χ0) is 32.1. The number of nitrogens with zero attached hydrogens (tertiary/aromatic N) is 3. The molecule has 1 unspecified atom stereocenters. The highest BCUT2D eigenvalue weighted by molar-refractivity contribution is 7.72. The van der Waals surface area contributed by atoms with Crippen LogP contribution in [0.1, 0.15) is 43.8 Å². The molecule has 0 radical (unpaired) electrons. The van der Waals surface area contributed by atoms with E-state index in [0.29, 0.717) is 51.2 Å². The topological polar surface area (TPSA) is 115 Å². The maximum absolute atomic E-state index is 13.5. The minimum Gasteiger partial charge on any atom is -0.496 e. The number of fused-ring (bicyclic) bond motifs is 1. The SMILES string of the molecule is COc1cc2ncnc(Nc3ccc(OCc4cccc(F)c4)c(Cl)c3)c2cc1-c1csc(C(C)NC(CC(C)C)=S(=O)=O)n1. The molecule has 0 saturated carbocycles. The van der Waals surface area contributed by atoms with E-state index in [-0.39, 0.29) is 29.4 Å². The first-order chi connectivity index (χ1) is 21.6. The second-order valence-electron chi connectivity index (χ2n) is 10.7. The summed E-state index contributed by atoms with van der Waals surface area (Å²) in [7, 11) is -0.755. The molecule has 0 bridgehead atoms. The number of hydrogen-bond acceptors (Lipinski definition) is 9. The Morgan fingerprint density at radius 2 is 1.89 bits per heavy atom. The fourth-order valence-electron chi connectivity index (χ4n) is 4.63. The number of anilines is 2. The van der Waals surface area contributed by atoms with Crippen LogP contribution in [0.5, 0.6) is 11.5 Å². The molecule has 2 heterocycles. The van der Waals surface area contributed by atoms with E-state index in [1.165, 1.54) is 29.8 Å². The molecule has 3 aromatic carbocycles. The number of halogens is 2. The normalized spacial score (nSPS) is 11.9. The lowest BCUT2D eigenvalue weighted by Gasteiger charge is -2.14. The van der Waals surface area contributed by atoms with E-state index < -0.39 is 10.3 Å². The van der Waals surface area contributed by atoms with Gasteiger partial charge in [0, 0.05) is 28.1 Å². The summed E-state index contributed by atoms with van der Waals surface area (Å²) in [5.41, 5.74) is 3.43. The van der Waals surface area contributed by atoms with Gasteiger partial charge in [0.05, 0.1) is 29.4 Å². The van der Waals surface area contributed by atoms with Crippen LogP contribution in [0.4, 0.5) is 15.9 Å². The molecule has 0 amide bonds. The Bertz CT molecular complexity index is 1980. The second kappa shape index (κ2) is 14.3. The molecule has 9 nitrogen and oxygen atoms in total. The lowest BCUT2D eigenvalue weighted by Crippen LogP contribution is -2.28. The van der Waals surface area contributed by atoms with Crippen LogP contribution >= 0.6 is 22.9 Å². The third kappa shape index (κ3) is 7.95. The van der Waals surface area contributed by atoms with E-state index in [2.05, 4.69) is 20.6 Å². The standard InChI is InChI=1S/C32H31ClFN5O4S2/c1-18(2)10-30(45(40)41)37-19(3)32-39-27(16-44-32)23-13-24-26(14-29(23)42-4)35-17-36-31(24)38-22-8-9-28(25(33)12-22)43-15-20-6-5-7-21(34)11-20/h5-9,11-14,16-19,37H,10,15H2,1-4H3,(H,35,36,38). The molecule has 0 fully saturated rings. The number of hydrogen-bond donors (Lipinski definition) is 2. The van der Waals surface area contributed by atoms with Crippen molar-refractivity contribution in [2.24, 2.45) is 5.92 Å². The highest BCUT2D eigenvalue weighted by Crippen LogP contribution is 2.38. The number of benzene rings is 3. The van der Waals surface area contributed by atoms with Crippen LogP contribution in [0.2, 0.25) is 5.02 Å². The Balaban J connectivity index is 1.39. The van der Waals surface area contributed by atoms with E-state index in [4.69, 9.17) is 26.1 Å². The van der Waals surface area contributed by atoms with E-state index in [1.54, 1.807) is 31.4 Å². The first-order valence-electron chi connectivity index (χ1n) is 14.0. The fourth-order valence-corrected chi connectivity index (χ4v) is 6.44. The summed E-state index contributed by atoms with van der Waals surface area (Å²) >= 11 is 7.95. The summed E-state index contributed by atoms with van der Waals surface area (Å²) in [6, 6.07) is 14.9. The molecule has 13 heteroatoms. The highest BCUT2D eigenvalue weighted by atomic mass is 35.5. The first-order valence-corrected chi connectivity index (χ1v) is 16.4. The van der Waals surface area contributed by atoms with Gasteiger partial charge in [0.1, 0.15) is 46.1 Å². The van der Waals surface area contributed by atoms with E-state index >= 15 is 0 Å². The van der Waals surface area contributed by atoms with Crippen molar-refractivity contribution in [3.05, 3.63) is 87.7 Å². The van der Waals surface area contributed by atoms with Gasteiger partial charge in [-0.25, -0.2) is 19.3 Å².